The molecular weight excluding hydrogens is 378 g/mol. The Labute approximate surface area is 176 Å². The number of imide groups is 1. The lowest BCUT2D eigenvalue weighted by Crippen LogP contribution is -2.64. The van der Waals surface area contributed by atoms with Crippen LogP contribution in [-0.4, -0.2) is 22.9 Å². The number of nitrogens with zero attached hydrogens (tertiary/aromatic N) is 1. The fourth-order valence-electron chi connectivity index (χ4n) is 5.74. The zero-order valence-electron chi connectivity index (χ0n) is 17.9. The minimum atomic E-state index is -1.10. The summed E-state index contributed by atoms with van der Waals surface area (Å²) in [6.07, 6.45) is 0.838. The van der Waals surface area contributed by atoms with Gasteiger partial charge in [-0.2, -0.15) is 0 Å². The SMILES string of the molecule is Cc1ccc(-c2ccccc2)cc1N1C(=O)[C@@]2(C)C[C@@](C)(C(=O)O)C[C@](C)(C2)C1=O. The number of fused-ring (bicyclic) bond motifs is 2. The van der Waals surface area contributed by atoms with Gasteiger partial charge in [0.05, 0.1) is 11.1 Å². The summed E-state index contributed by atoms with van der Waals surface area (Å²) in [5.74, 6) is -1.55. The van der Waals surface area contributed by atoms with Gasteiger partial charge in [-0.3, -0.25) is 14.4 Å². The molecule has 30 heavy (non-hydrogen) atoms. The zero-order chi connectivity index (χ0) is 21.9. The van der Waals surface area contributed by atoms with Crippen LogP contribution < -0.4 is 4.90 Å². The molecule has 4 rings (SSSR count). The lowest BCUT2D eigenvalue weighted by atomic mass is 9.51. The molecule has 2 aromatic carbocycles. The van der Waals surface area contributed by atoms with E-state index < -0.39 is 22.2 Å². The lowest BCUT2D eigenvalue weighted by molar-refractivity contribution is -0.167. The first kappa shape index (κ1) is 20.3. The van der Waals surface area contributed by atoms with Crippen molar-refractivity contribution in [3.8, 4) is 11.1 Å². The van der Waals surface area contributed by atoms with Crippen LogP contribution in [0.25, 0.3) is 11.1 Å². The third-order valence-corrected chi connectivity index (χ3v) is 6.85. The number of carboxylic acids is 1. The monoisotopic (exact) mass is 405 g/mol. The van der Waals surface area contributed by atoms with Crippen LogP contribution in [0.4, 0.5) is 5.69 Å². The summed E-state index contributed by atoms with van der Waals surface area (Å²) in [5.41, 5.74) is 0.462. The van der Waals surface area contributed by atoms with E-state index in [1.807, 2.05) is 69.3 Å². The predicted molar refractivity (Wildman–Crippen MR) is 115 cm³/mol. The molecule has 0 spiro atoms. The van der Waals surface area contributed by atoms with Gasteiger partial charge >= 0.3 is 5.97 Å². The Balaban J connectivity index is 1.83. The molecule has 5 heteroatoms. The minimum Gasteiger partial charge on any atom is -0.481 e. The van der Waals surface area contributed by atoms with E-state index in [0.717, 1.165) is 16.7 Å². The number of hydrogen-bond donors (Lipinski definition) is 1. The second-order valence-corrected chi connectivity index (χ2v) is 9.83. The third kappa shape index (κ3) is 2.95. The van der Waals surface area contributed by atoms with Crippen molar-refractivity contribution >= 4 is 23.5 Å². The van der Waals surface area contributed by atoms with Gasteiger partial charge in [0.15, 0.2) is 0 Å². The quantitative estimate of drug-likeness (QED) is 0.743. The Kier molecular flexibility index (Phi) is 4.42. The van der Waals surface area contributed by atoms with Crippen molar-refractivity contribution in [1.29, 1.82) is 0 Å². The summed E-state index contributed by atoms with van der Waals surface area (Å²) in [4.78, 5) is 40.6. The molecule has 1 saturated heterocycles. The van der Waals surface area contributed by atoms with Crippen molar-refractivity contribution in [3.63, 3.8) is 0 Å². The molecular formula is C25H27NO4. The van der Waals surface area contributed by atoms with Crippen LogP contribution in [0.1, 0.15) is 45.6 Å². The number of carboxylic acid groups (broad SMARTS) is 1. The van der Waals surface area contributed by atoms with E-state index in [4.69, 9.17) is 0 Å². The first-order valence-corrected chi connectivity index (χ1v) is 10.3. The van der Waals surface area contributed by atoms with Crippen molar-refractivity contribution in [3.05, 3.63) is 54.1 Å². The molecule has 3 atom stereocenters. The van der Waals surface area contributed by atoms with E-state index >= 15 is 0 Å². The number of rotatable bonds is 3. The molecule has 156 valence electrons. The van der Waals surface area contributed by atoms with Crippen molar-refractivity contribution in [1.82, 2.24) is 0 Å². The number of anilines is 1. The van der Waals surface area contributed by atoms with Gasteiger partial charge in [-0.15, -0.1) is 0 Å². The van der Waals surface area contributed by atoms with Gasteiger partial charge in [-0.05, 0) is 55.9 Å². The molecule has 1 aliphatic heterocycles. The number of carbonyl (C=O) groups excluding carboxylic acids is 2. The normalized spacial score (nSPS) is 31.0. The average Bonchev–Trinajstić information content (AvgIpc) is 2.68. The average molecular weight is 405 g/mol. The molecule has 2 amide bonds. The predicted octanol–water partition coefficient (Wildman–Crippen LogP) is 4.82. The highest BCUT2D eigenvalue weighted by Gasteiger charge is 2.63. The Morgan fingerprint density at radius 1 is 0.867 bits per heavy atom. The molecule has 2 fully saturated rings. The molecule has 0 unspecified atom stereocenters. The van der Waals surface area contributed by atoms with Crippen LogP contribution in [0, 0.1) is 23.2 Å². The molecule has 2 bridgehead atoms. The molecule has 0 aromatic heterocycles. The second-order valence-electron chi connectivity index (χ2n) is 9.83. The first-order chi connectivity index (χ1) is 14.0. The van der Waals surface area contributed by atoms with Gasteiger partial charge in [0.25, 0.3) is 0 Å². The van der Waals surface area contributed by atoms with Crippen molar-refractivity contribution in [2.24, 2.45) is 16.2 Å². The van der Waals surface area contributed by atoms with E-state index in [9.17, 15) is 19.5 Å². The number of aliphatic carboxylic acids is 1. The van der Waals surface area contributed by atoms with Gasteiger partial charge in [0.1, 0.15) is 0 Å². The van der Waals surface area contributed by atoms with E-state index in [0.29, 0.717) is 12.1 Å². The number of benzene rings is 2. The first-order valence-electron chi connectivity index (χ1n) is 10.3. The third-order valence-electron chi connectivity index (χ3n) is 6.85. The lowest BCUT2D eigenvalue weighted by Gasteiger charge is -2.55. The van der Waals surface area contributed by atoms with E-state index in [2.05, 4.69) is 0 Å². The summed E-state index contributed by atoms with van der Waals surface area (Å²) in [7, 11) is 0. The summed E-state index contributed by atoms with van der Waals surface area (Å²) in [5, 5.41) is 9.81. The summed E-state index contributed by atoms with van der Waals surface area (Å²) in [6.45, 7) is 7.16. The maximum Gasteiger partial charge on any atom is 0.309 e. The molecule has 1 saturated carbocycles. The van der Waals surface area contributed by atoms with E-state index in [-0.39, 0.29) is 24.7 Å². The van der Waals surface area contributed by atoms with Gasteiger partial charge < -0.3 is 5.11 Å². The van der Waals surface area contributed by atoms with Crippen LogP contribution in [0.3, 0.4) is 0 Å². The standard InChI is InChI=1S/C25H27NO4/c1-16-10-11-18(17-8-6-5-7-9-17)12-19(16)26-20(27)23(2)13-24(3,21(26)28)15-25(4,14-23)22(29)30/h5-12H,13-15H2,1-4H3,(H,29,30)/t23-,24+,25-. The topological polar surface area (TPSA) is 74.7 Å². The number of piperidine rings is 1. The maximum atomic E-state index is 13.6. The Bertz CT molecular complexity index is 1030. The van der Waals surface area contributed by atoms with Gasteiger partial charge in [-0.25, -0.2) is 4.90 Å². The molecule has 1 heterocycles. The fourth-order valence-corrected chi connectivity index (χ4v) is 5.74. The summed E-state index contributed by atoms with van der Waals surface area (Å²) < 4.78 is 0. The zero-order valence-corrected chi connectivity index (χ0v) is 17.9. The highest BCUT2D eigenvalue weighted by molar-refractivity contribution is 6.21. The molecule has 2 aromatic rings. The summed E-state index contributed by atoms with van der Waals surface area (Å²) in [6, 6.07) is 15.6. The minimum absolute atomic E-state index is 0.227. The highest BCUT2D eigenvalue weighted by atomic mass is 16.4. The molecule has 1 N–H and O–H groups in total. The molecule has 2 aliphatic rings. The maximum absolute atomic E-state index is 13.6. The summed E-state index contributed by atoms with van der Waals surface area (Å²) >= 11 is 0. The Morgan fingerprint density at radius 3 is 1.97 bits per heavy atom. The number of hydrogen-bond acceptors (Lipinski definition) is 3. The van der Waals surface area contributed by atoms with Crippen molar-refractivity contribution in [2.45, 2.75) is 47.0 Å². The van der Waals surface area contributed by atoms with Crippen LogP contribution in [0.15, 0.2) is 48.5 Å². The van der Waals surface area contributed by atoms with Crippen molar-refractivity contribution in [2.75, 3.05) is 4.90 Å². The number of carbonyl (C=O) groups is 3. The van der Waals surface area contributed by atoms with Gasteiger partial charge in [0, 0.05) is 10.8 Å². The van der Waals surface area contributed by atoms with Gasteiger partial charge in [-0.1, -0.05) is 56.3 Å². The largest absolute Gasteiger partial charge is 0.481 e. The molecule has 1 aliphatic carbocycles. The van der Waals surface area contributed by atoms with Gasteiger partial charge in [0.2, 0.25) is 11.8 Å². The van der Waals surface area contributed by atoms with E-state index in [1.165, 1.54) is 4.90 Å². The number of aryl methyl sites for hydroxylation is 1. The molecule has 5 nitrogen and oxygen atoms in total. The smallest absolute Gasteiger partial charge is 0.309 e. The van der Waals surface area contributed by atoms with Crippen LogP contribution in [-0.2, 0) is 14.4 Å². The van der Waals surface area contributed by atoms with Crippen LogP contribution >= 0.6 is 0 Å². The number of amides is 2. The van der Waals surface area contributed by atoms with Crippen LogP contribution in [0.5, 0.6) is 0 Å². The highest BCUT2D eigenvalue weighted by Crippen LogP contribution is 2.59. The van der Waals surface area contributed by atoms with Crippen LogP contribution in [0.2, 0.25) is 0 Å². The Morgan fingerprint density at radius 2 is 1.43 bits per heavy atom. The molecule has 0 radical (unpaired) electrons. The Hall–Kier alpha value is -2.95. The fraction of sp³-hybridized carbons (Fsp3) is 0.400. The van der Waals surface area contributed by atoms with Crippen molar-refractivity contribution < 1.29 is 19.5 Å². The van der Waals surface area contributed by atoms with E-state index in [1.54, 1.807) is 6.92 Å². The second kappa shape index (κ2) is 6.53.